The van der Waals surface area contributed by atoms with E-state index in [4.69, 9.17) is 11.5 Å². The summed E-state index contributed by atoms with van der Waals surface area (Å²) in [6.07, 6.45) is 0. The zero-order valence-electron chi connectivity index (χ0n) is 3.39. The van der Waals surface area contributed by atoms with Crippen molar-refractivity contribution in [1.82, 2.24) is 0 Å². The van der Waals surface area contributed by atoms with Gasteiger partial charge in [0.15, 0.2) is 0 Å². The van der Waals surface area contributed by atoms with Gasteiger partial charge in [0.05, 0.1) is 0 Å². The molecule has 42 valence electrons. The van der Waals surface area contributed by atoms with Crippen molar-refractivity contribution in [2.45, 2.75) is 0 Å². The van der Waals surface area contributed by atoms with Crippen LogP contribution in [0.4, 0.5) is 0 Å². The zero-order chi connectivity index (χ0) is 3.41. The Morgan fingerprint density at radius 1 is 0.833 bits per heavy atom. The first kappa shape index (κ1) is 16.1. The summed E-state index contributed by atoms with van der Waals surface area (Å²) in [4.78, 5) is 0. The molecule has 0 saturated carbocycles. The van der Waals surface area contributed by atoms with Crippen LogP contribution >= 0.6 is 24.8 Å². The van der Waals surface area contributed by atoms with Crippen LogP contribution in [0.2, 0.25) is 0 Å². The number of hydrogen-bond acceptors (Lipinski definition) is 2. The van der Waals surface area contributed by atoms with E-state index in [1.54, 1.807) is 0 Å². The molecular formula is C2H10Cl2N2. The van der Waals surface area contributed by atoms with E-state index in [1.807, 2.05) is 0 Å². The summed E-state index contributed by atoms with van der Waals surface area (Å²) < 4.78 is 0. The number of nitrogens with two attached hydrogens (primary N) is 2. The molecular weight excluding hydrogens is 125 g/mol. The Bertz CT molecular complexity index is 11.5. The first-order valence-electron chi connectivity index (χ1n) is 1.32. The lowest BCUT2D eigenvalue weighted by Crippen LogP contribution is -2.11. The van der Waals surface area contributed by atoms with Crippen molar-refractivity contribution in [2.75, 3.05) is 13.1 Å². The van der Waals surface area contributed by atoms with Crippen LogP contribution in [0.1, 0.15) is 0 Å². The second kappa shape index (κ2) is 17.8. The van der Waals surface area contributed by atoms with Gasteiger partial charge in [0.2, 0.25) is 0 Å². The van der Waals surface area contributed by atoms with Crippen LogP contribution in [-0.2, 0) is 0 Å². The Balaban J connectivity index is -0.0000000450. The van der Waals surface area contributed by atoms with Crippen LogP contribution in [0.3, 0.4) is 0 Å². The van der Waals surface area contributed by atoms with E-state index in [9.17, 15) is 0 Å². The van der Waals surface area contributed by atoms with Crippen LogP contribution in [0.25, 0.3) is 0 Å². The minimum atomic E-state index is 0. The van der Waals surface area contributed by atoms with E-state index >= 15 is 0 Å². The molecule has 0 fully saturated rings. The van der Waals surface area contributed by atoms with Crippen molar-refractivity contribution in [3.05, 3.63) is 0 Å². The van der Waals surface area contributed by atoms with Gasteiger partial charge in [0.25, 0.3) is 0 Å². The molecule has 0 unspecified atom stereocenters. The monoisotopic (exact) mass is 134 g/mol. The Morgan fingerprint density at radius 3 is 1.00 bits per heavy atom. The largest absolute Gasteiger partial charge is 0.329 e. The van der Waals surface area contributed by atoms with Gasteiger partial charge in [-0.25, -0.2) is 0 Å². The van der Waals surface area contributed by atoms with Crippen LogP contribution in [0.15, 0.2) is 0 Å². The first-order chi connectivity index (χ1) is 1.91. The van der Waals surface area contributed by atoms with E-state index < -0.39 is 0 Å². The maximum absolute atomic E-state index is 4.90. The summed E-state index contributed by atoms with van der Waals surface area (Å²) in [7, 11) is 0. The molecule has 0 aliphatic rings. The lowest BCUT2D eigenvalue weighted by molar-refractivity contribution is 0.976. The van der Waals surface area contributed by atoms with Gasteiger partial charge in [-0.2, -0.15) is 0 Å². The van der Waals surface area contributed by atoms with E-state index in [0.29, 0.717) is 13.1 Å². The minimum absolute atomic E-state index is 0. The van der Waals surface area contributed by atoms with Gasteiger partial charge >= 0.3 is 0 Å². The molecule has 0 rings (SSSR count). The maximum Gasteiger partial charge on any atom is 0.00461 e. The highest BCUT2D eigenvalue weighted by Crippen LogP contribution is 1.24. The van der Waals surface area contributed by atoms with Crippen molar-refractivity contribution < 1.29 is 0 Å². The standard InChI is InChI=1S/C2H8N2.2ClH/c3-1-2-4;;/h1-4H2;2*1H/i3+1,4+1;;. The maximum atomic E-state index is 4.90. The fourth-order valence-corrected chi connectivity index (χ4v) is 0. The topological polar surface area (TPSA) is 52.0 Å². The molecule has 0 atom stereocenters. The van der Waals surface area contributed by atoms with Crippen molar-refractivity contribution >= 4 is 24.8 Å². The van der Waals surface area contributed by atoms with Crippen molar-refractivity contribution in [1.29, 1.82) is 0 Å². The van der Waals surface area contributed by atoms with E-state index in [2.05, 4.69) is 0 Å². The average Bonchev–Trinajstić information content (AvgIpc) is 1.37. The summed E-state index contributed by atoms with van der Waals surface area (Å²) in [6, 6.07) is 0. The quantitative estimate of drug-likeness (QED) is 0.487. The molecule has 4 N–H and O–H groups in total. The molecule has 0 bridgehead atoms. The molecule has 0 saturated heterocycles. The van der Waals surface area contributed by atoms with Gasteiger partial charge in [-0.1, -0.05) is 0 Å². The molecule has 0 aliphatic heterocycles. The second-order valence-corrected chi connectivity index (χ2v) is 0.577. The van der Waals surface area contributed by atoms with Gasteiger partial charge in [0, 0.05) is 13.1 Å². The SMILES string of the molecule is Cl.Cl.[15NH2]CC[15NH2]. The molecule has 6 heavy (non-hydrogen) atoms. The third-order valence-corrected chi connectivity index (χ3v) is 0.167. The fraction of sp³-hybridized carbons (Fsp3) is 1.00. The van der Waals surface area contributed by atoms with Crippen molar-refractivity contribution in [3.63, 3.8) is 0 Å². The van der Waals surface area contributed by atoms with Gasteiger partial charge < -0.3 is 11.5 Å². The third-order valence-electron chi connectivity index (χ3n) is 0.167. The Kier molecular flexibility index (Phi) is 47.7. The molecule has 0 aromatic rings. The molecule has 0 radical (unpaired) electrons. The molecule has 0 spiro atoms. The van der Waals surface area contributed by atoms with Gasteiger partial charge in [-0.15, -0.1) is 24.8 Å². The molecule has 0 amide bonds. The smallest absolute Gasteiger partial charge is 0.00461 e. The summed E-state index contributed by atoms with van der Waals surface area (Å²) in [6.45, 7) is 1.19. The number of rotatable bonds is 1. The van der Waals surface area contributed by atoms with Crippen LogP contribution in [0.5, 0.6) is 0 Å². The Morgan fingerprint density at radius 2 is 1.00 bits per heavy atom. The minimum Gasteiger partial charge on any atom is -0.329 e. The number of halogens is 2. The van der Waals surface area contributed by atoms with E-state index in [1.165, 1.54) is 0 Å². The third kappa shape index (κ3) is 24.5. The molecule has 2 nitrogen and oxygen atoms in total. The van der Waals surface area contributed by atoms with E-state index in [0.717, 1.165) is 0 Å². The van der Waals surface area contributed by atoms with Crippen LogP contribution < -0.4 is 11.5 Å². The average molecular weight is 135 g/mol. The predicted octanol–water partition coefficient (Wildman–Crippen LogP) is -0.253. The van der Waals surface area contributed by atoms with Crippen molar-refractivity contribution in [3.8, 4) is 0 Å². The summed E-state index contributed by atoms with van der Waals surface area (Å²) in [5, 5.41) is 0. The van der Waals surface area contributed by atoms with Gasteiger partial charge in [-0.3, -0.25) is 0 Å². The fourth-order valence-electron chi connectivity index (χ4n) is 0. The van der Waals surface area contributed by atoms with Crippen molar-refractivity contribution in [2.24, 2.45) is 11.5 Å². The lowest BCUT2D eigenvalue weighted by Gasteiger charge is -1.72. The molecule has 4 heteroatoms. The molecule has 0 aliphatic carbocycles. The van der Waals surface area contributed by atoms with Crippen LogP contribution in [-0.4, -0.2) is 13.1 Å². The summed E-state index contributed by atoms with van der Waals surface area (Å²) in [5.74, 6) is 0. The number of hydrogen-bond donors (Lipinski definition) is 2. The predicted molar refractivity (Wildman–Crippen MR) is 32.6 cm³/mol. The molecule has 0 aromatic heterocycles. The van der Waals surface area contributed by atoms with E-state index in [-0.39, 0.29) is 24.8 Å². The zero-order valence-corrected chi connectivity index (χ0v) is 5.02. The highest BCUT2D eigenvalue weighted by Gasteiger charge is 1.54. The Labute approximate surface area is 50.1 Å². The summed E-state index contributed by atoms with van der Waals surface area (Å²) >= 11 is 0. The van der Waals surface area contributed by atoms with Gasteiger partial charge in [-0.05, 0) is 0 Å². The Hall–Kier alpha value is 0.500. The first-order valence-corrected chi connectivity index (χ1v) is 1.32. The molecule has 0 aromatic carbocycles. The highest BCUT2D eigenvalue weighted by molar-refractivity contribution is 5.85. The normalized spacial score (nSPS) is 5.00. The van der Waals surface area contributed by atoms with Crippen LogP contribution in [0, 0.1) is 0 Å². The van der Waals surface area contributed by atoms with Gasteiger partial charge in [0.1, 0.15) is 0 Å². The highest BCUT2D eigenvalue weighted by atomic mass is 35.5. The molecule has 0 heterocycles. The second-order valence-electron chi connectivity index (χ2n) is 0.577. The summed E-state index contributed by atoms with van der Waals surface area (Å²) in [5.41, 5.74) is 9.81. The lowest BCUT2D eigenvalue weighted by atomic mass is 10.8.